The summed E-state index contributed by atoms with van der Waals surface area (Å²) in [5, 5.41) is 18.4. The fourth-order valence-electron chi connectivity index (χ4n) is 3.58. The second-order valence-corrected chi connectivity index (χ2v) is 6.20. The molecule has 0 spiro atoms. The number of carboxylic acid groups (broad SMARTS) is 1. The fraction of sp³-hybridized carbons (Fsp3) is 0.100. The molecule has 26 heavy (non-hydrogen) atoms. The third kappa shape index (κ3) is 2.22. The first-order chi connectivity index (χ1) is 12.5. The van der Waals surface area contributed by atoms with Gasteiger partial charge in [-0.2, -0.15) is 5.26 Å². The number of piperidine rings is 1. The summed E-state index contributed by atoms with van der Waals surface area (Å²) < 4.78 is 0. The molecule has 3 aliphatic rings. The van der Waals surface area contributed by atoms with Crippen LogP contribution in [-0.4, -0.2) is 22.9 Å². The minimum absolute atomic E-state index is 0.0137. The molecule has 0 saturated carbocycles. The average molecular weight is 344 g/mol. The lowest BCUT2D eigenvalue weighted by Crippen LogP contribution is -2.51. The number of amides is 2. The average Bonchev–Trinajstić information content (AvgIpc) is 2.65. The van der Waals surface area contributed by atoms with E-state index in [2.05, 4.69) is 0 Å². The predicted octanol–water partition coefficient (Wildman–Crippen LogP) is 2.38. The normalized spacial score (nSPS) is 23.5. The van der Waals surface area contributed by atoms with Gasteiger partial charge in [-0.1, -0.05) is 24.3 Å². The van der Waals surface area contributed by atoms with Gasteiger partial charge in [0.25, 0.3) is 5.91 Å². The highest BCUT2D eigenvalue weighted by atomic mass is 16.4. The van der Waals surface area contributed by atoms with Crippen molar-refractivity contribution in [2.75, 3.05) is 4.90 Å². The van der Waals surface area contributed by atoms with Crippen molar-refractivity contribution in [3.05, 3.63) is 76.9 Å². The number of carboxylic acids is 1. The lowest BCUT2D eigenvalue weighted by Gasteiger charge is -2.40. The van der Waals surface area contributed by atoms with Gasteiger partial charge in [0.2, 0.25) is 5.91 Å². The molecule has 0 bridgehead atoms. The maximum Gasteiger partial charge on any atom is 0.335 e. The first-order valence-electron chi connectivity index (χ1n) is 7.94. The summed E-state index contributed by atoms with van der Waals surface area (Å²) in [5.41, 5.74) is 1.66. The molecule has 1 fully saturated rings. The quantitative estimate of drug-likeness (QED) is 0.831. The third-order valence-electron chi connectivity index (χ3n) is 4.73. The molecular formula is C20H12N2O4. The monoisotopic (exact) mass is 344 g/mol. The van der Waals surface area contributed by atoms with Gasteiger partial charge < -0.3 is 5.11 Å². The van der Waals surface area contributed by atoms with Crippen molar-refractivity contribution in [2.24, 2.45) is 11.8 Å². The predicted molar refractivity (Wildman–Crippen MR) is 91.9 cm³/mol. The van der Waals surface area contributed by atoms with E-state index in [4.69, 9.17) is 0 Å². The number of nitriles is 1. The number of rotatable bonds is 2. The van der Waals surface area contributed by atoms with Crippen LogP contribution in [0.2, 0.25) is 0 Å². The molecule has 0 radical (unpaired) electrons. The summed E-state index contributed by atoms with van der Waals surface area (Å²) >= 11 is 0. The van der Waals surface area contributed by atoms with Crippen molar-refractivity contribution in [2.45, 2.75) is 0 Å². The zero-order chi connectivity index (χ0) is 18.4. The minimum Gasteiger partial charge on any atom is -0.478 e. The van der Waals surface area contributed by atoms with Crippen LogP contribution in [0, 0.1) is 23.2 Å². The molecule has 1 aromatic rings. The molecule has 2 unspecified atom stereocenters. The Morgan fingerprint density at radius 2 is 2.04 bits per heavy atom. The van der Waals surface area contributed by atoms with Crippen LogP contribution in [0.3, 0.4) is 0 Å². The Bertz CT molecular complexity index is 1040. The molecule has 6 heteroatoms. The van der Waals surface area contributed by atoms with E-state index in [0.717, 1.165) is 10.5 Å². The summed E-state index contributed by atoms with van der Waals surface area (Å²) in [6, 6.07) is 7.74. The van der Waals surface area contributed by atoms with Crippen molar-refractivity contribution < 1.29 is 19.5 Å². The van der Waals surface area contributed by atoms with Crippen molar-refractivity contribution in [1.29, 1.82) is 5.26 Å². The number of carbonyl (C=O) groups is 3. The van der Waals surface area contributed by atoms with Crippen LogP contribution in [-0.2, 0) is 9.59 Å². The first-order valence-corrected chi connectivity index (χ1v) is 7.94. The number of carbonyl (C=O) groups excluding carboxylic acids is 2. The second-order valence-electron chi connectivity index (χ2n) is 6.20. The summed E-state index contributed by atoms with van der Waals surface area (Å²) in [6.07, 6.45) is 8.47. The molecule has 1 heterocycles. The standard InChI is InChI=1S/C20H12N2O4/c21-10-11-7-12-3-2-6-15-17(12)16(8-11)19(24)22(18(15)23)14-5-1-4-13(9-14)20(25)26/h1-9,15,17H,(H,25,26). The number of aromatic carboxylic acids is 1. The topological polar surface area (TPSA) is 98.5 Å². The molecule has 6 nitrogen and oxygen atoms in total. The van der Waals surface area contributed by atoms with E-state index in [-0.39, 0.29) is 11.3 Å². The summed E-state index contributed by atoms with van der Waals surface area (Å²) in [5.74, 6) is -3.05. The van der Waals surface area contributed by atoms with E-state index in [1.807, 2.05) is 6.07 Å². The molecule has 126 valence electrons. The van der Waals surface area contributed by atoms with Gasteiger partial charge in [-0.3, -0.25) is 9.59 Å². The number of nitrogens with zero attached hydrogens (tertiary/aromatic N) is 2. The fourth-order valence-corrected chi connectivity index (χ4v) is 3.58. The number of anilines is 1. The molecule has 1 N–H and O–H groups in total. The molecule has 0 aromatic heterocycles. The maximum absolute atomic E-state index is 13.0. The number of allylic oxidation sites excluding steroid dienone is 6. The number of benzene rings is 1. The minimum atomic E-state index is -1.14. The van der Waals surface area contributed by atoms with Crippen LogP contribution in [0.15, 0.2) is 71.4 Å². The molecule has 1 saturated heterocycles. The third-order valence-corrected chi connectivity index (χ3v) is 4.73. The van der Waals surface area contributed by atoms with Crippen LogP contribution < -0.4 is 4.90 Å². The molecule has 2 amide bonds. The van der Waals surface area contributed by atoms with Gasteiger partial charge in [-0.25, -0.2) is 9.69 Å². The Hall–Kier alpha value is -3.72. The van der Waals surface area contributed by atoms with Crippen molar-refractivity contribution in [3.8, 4) is 6.07 Å². The highest BCUT2D eigenvalue weighted by Gasteiger charge is 2.47. The Balaban J connectivity index is 1.86. The molecule has 1 aromatic carbocycles. The van der Waals surface area contributed by atoms with Crippen LogP contribution >= 0.6 is 0 Å². The van der Waals surface area contributed by atoms with Gasteiger partial charge in [-0.15, -0.1) is 0 Å². The van der Waals surface area contributed by atoms with Gasteiger partial charge in [0, 0.05) is 11.5 Å². The van der Waals surface area contributed by atoms with Crippen molar-refractivity contribution in [1.82, 2.24) is 0 Å². The highest BCUT2D eigenvalue weighted by Crippen LogP contribution is 2.43. The first kappa shape index (κ1) is 15.8. The molecule has 2 atom stereocenters. The number of hydrogen-bond donors (Lipinski definition) is 1. The van der Waals surface area contributed by atoms with E-state index < -0.39 is 29.6 Å². The van der Waals surface area contributed by atoms with Crippen LogP contribution in [0.25, 0.3) is 0 Å². The zero-order valence-electron chi connectivity index (χ0n) is 13.4. The molecule has 2 aliphatic carbocycles. The van der Waals surface area contributed by atoms with E-state index >= 15 is 0 Å². The lowest BCUT2D eigenvalue weighted by molar-refractivity contribution is -0.129. The van der Waals surface area contributed by atoms with E-state index in [1.54, 1.807) is 24.3 Å². The zero-order valence-corrected chi connectivity index (χ0v) is 13.4. The van der Waals surface area contributed by atoms with Gasteiger partial charge in [0.15, 0.2) is 0 Å². The molecule has 4 rings (SSSR count). The van der Waals surface area contributed by atoms with Crippen LogP contribution in [0.4, 0.5) is 5.69 Å². The second kappa shape index (κ2) is 5.67. The van der Waals surface area contributed by atoms with Crippen LogP contribution in [0.5, 0.6) is 0 Å². The largest absolute Gasteiger partial charge is 0.478 e. The maximum atomic E-state index is 13.0. The van der Waals surface area contributed by atoms with Gasteiger partial charge in [0.05, 0.1) is 28.8 Å². The Morgan fingerprint density at radius 3 is 2.77 bits per heavy atom. The lowest BCUT2D eigenvalue weighted by atomic mass is 9.70. The number of hydrogen-bond acceptors (Lipinski definition) is 4. The van der Waals surface area contributed by atoms with Gasteiger partial charge >= 0.3 is 5.97 Å². The smallest absolute Gasteiger partial charge is 0.335 e. The van der Waals surface area contributed by atoms with Gasteiger partial charge in [0.1, 0.15) is 0 Å². The molecular weight excluding hydrogens is 332 g/mol. The van der Waals surface area contributed by atoms with Gasteiger partial charge in [-0.05, 0) is 35.9 Å². The Kier molecular flexibility index (Phi) is 3.44. The van der Waals surface area contributed by atoms with E-state index in [0.29, 0.717) is 11.1 Å². The van der Waals surface area contributed by atoms with Crippen LogP contribution in [0.1, 0.15) is 10.4 Å². The number of imide groups is 1. The SMILES string of the molecule is N#CC1=CC2=CC=CC3C(=O)N(c4cccc(C(=O)O)c4)C(=O)C(=C1)C23. The Labute approximate surface area is 148 Å². The van der Waals surface area contributed by atoms with Crippen molar-refractivity contribution in [3.63, 3.8) is 0 Å². The Morgan fingerprint density at radius 1 is 1.23 bits per heavy atom. The summed E-state index contributed by atoms with van der Waals surface area (Å²) in [6.45, 7) is 0. The van der Waals surface area contributed by atoms with E-state index in [1.165, 1.54) is 30.3 Å². The summed E-state index contributed by atoms with van der Waals surface area (Å²) in [7, 11) is 0. The molecule has 1 aliphatic heterocycles. The highest BCUT2D eigenvalue weighted by molar-refractivity contribution is 6.25. The summed E-state index contributed by atoms with van der Waals surface area (Å²) in [4.78, 5) is 38.3. The van der Waals surface area contributed by atoms with E-state index in [9.17, 15) is 24.8 Å². The van der Waals surface area contributed by atoms with Crippen molar-refractivity contribution >= 4 is 23.5 Å².